The molecule has 1 N–H and O–H groups in total. The summed E-state index contributed by atoms with van der Waals surface area (Å²) in [6.07, 6.45) is -0.0482. The summed E-state index contributed by atoms with van der Waals surface area (Å²) in [7, 11) is 1.28. The summed E-state index contributed by atoms with van der Waals surface area (Å²) < 4.78 is 4.62. The fraction of sp³-hybridized carbons (Fsp3) is 0.286. The molecule has 3 rings (SSSR count). The van der Waals surface area contributed by atoms with Gasteiger partial charge in [-0.1, -0.05) is 48.5 Å². The monoisotopic (exact) mass is 366 g/mol. The molecular weight excluding hydrogens is 344 g/mol. The van der Waals surface area contributed by atoms with Crippen LogP contribution < -0.4 is 5.32 Å². The Morgan fingerprint density at radius 1 is 1.04 bits per heavy atom. The van der Waals surface area contributed by atoms with Crippen molar-refractivity contribution in [2.75, 3.05) is 13.7 Å². The van der Waals surface area contributed by atoms with Crippen molar-refractivity contribution in [1.82, 2.24) is 10.2 Å². The fourth-order valence-electron chi connectivity index (χ4n) is 3.31. The molecule has 0 radical (unpaired) electrons. The van der Waals surface area contributed by atoms with Crippen LogP contribution in [0.25, 0.3) is 0 Å². The summed E-state index contributed by atoms with van der Waals surface area (Å²) in [4.78, 5) is 38.6. The van der Waals surface area contributed by atoms with E-state index < -0.39 is 23.4 Å². The zero-order chi connectivity index (χ0) is 19.6. The van der Waals surface area contributed by atoms with E-state index in [9.17, 15) is 14.4 Å². The van der Waals surface area contributed by atoms with E-state index in [4.69, 9.17) is 0 Å². The number of nitrogens with one attached hydrogen (secondary N) is 1. The molecule has 27 heavy (non-hydrogen) atoms. The number of aryl methyl sites for hydroxylation is 2. The quantitative estimate of drug-likeness (QED) is 0.652. The molecular formula is C21H22N2O4. The van der Waals surface area contributed by atoms with Crippen LogP contribution in [-0.2, 0) is 19.9 Å². The maximum Gasteiger partial charge on any atom is 0.325 e. The van der Waals surface area contributed by atoms with Gasteiger partial charge in [0.25, 0.3) is 5.91 Å². The number of ether oxygens (including phenoxy) is 1. The smallest absolute Gasteiger partial charge is 0.325 e. The predicted octanol–water partition coefficient (Wildman–Crippen LogP) is 2.66. The Hall–Kier alpha value is -3.15. The number of hydrogen-bond acceptors (Lipinski definition) is 4. The summed E-state index contributed by atoms with van der Waals surface area (Å²) >= 11 is 0. The second kappa shape index (κ2) is 7.23. The first-order valence-corrected chi connectivity index (χ1v) is 8.74. The molecule has 2 aromatic rings. The Kier molecular flexibility index (Phi) is 4.99. The van der Waals surface area contributed by atoms with Gasteiger partial charge in [0.05, 0.1) is 13.5 Å². The number of carbonyl (C=O) groups excluding carboxylic acids is 3. The summed E-state index contributed by atoms with van der Waals surface area (Å²) in [6, 6.07) is 14.3. The van der Waals surface area contributed by atoms with Gasteiger partial charge in [-0.2, -0.15) is 0 Å². The van der Waals surface area contributed by atoms with E-state index in [-0.39, 0.29) is 13.0 Å². The molecule has 6 heteroatoms. The predicted molar refractivity (Wildman–Crippen MR) is 100 cm³/mol. The van der Waals surface area contributed by atoms with Crippen LogP contribution in [0.3, 0.4) is 0 Å². The topological polar surface area (TPSA) is 75.7 Å². The van der Waals surface area contributed by atoms with Crippen molar-refractivity contribution in [2.45, 2.75) is 25.8 Å². The number of carbonyl (C=O) groups is 3. The zero-order valence-corrected chi connectivity index (χ0v) is 15.6. The lowest BCUT2D eigenvalue weighted by molar-refractivity contribution is -0.141. The molecule has 0 unspecified atom stereocenters. The molecule has 1 fully saturated rings. The molecule has 1 heterocycles. The summed E-state index contributed by atoms with van der Waals surface area (Å²) in [5.41, 5.74) is 2.18. The third kappa shape index (κ3) is 3.18. The average Bonchev–Trinajstić information content (AvgIpc) is 2.93. The lowest BCUT2D eigenvalue weighted by atomic mass is 9.81. The first-order valence-electron chi connectivity index (χ1n) is 8.74. The van der Waals surface area contributed by atoms with Crippen LogP contribution in [0.5, 0.6) is 0 Å². The van der Waals surface area contributed by atoms with Gasteiger partial charge in [0.1, 0.15) is 0 Å². The van der Waals surface area contributed by atoms with E-state index in [0.717, 1.165) is 16.0 Å². The number of benzene rings is 2. The van der Waals surface area contributed by atoms with E-state index in [0.29, 0.717) is 11.1 Å². The highest BCUT2D eigenvalue weighted by molar-refractivity contribution is 6.09. The van der Waals surface area contributed by atoms with Crippen molar-refractivity contribution in [3.05, 3.63) is 70.8 Å². The molecule has 1 aliphatic heterocycles. The van der Waals surface area contributed by atoms with Crippen LogP contribution in [0.15, 0.2) is 48.5 Å². The minimum atomic E-state index is -1.31. The molecule has 0 spiro atoms. The van der Waals surface area contributed by atoms with Crippen LogP contribution in [0.4, 0.5) is 4.79 Å². The highest BCUT2D eigenvalue weighted by Gasteiger charge is 2.53. The van der Waals surface area contributed by atoms with Crippen molar-refractivity contribution < 1.29 is 19.1 Å². The normalized spacial score (nSPS) is 19.1. The Morgan fingerprint density at radius 3 is 2.37 bits per heavy atom. The van der Waals surface area contributed by atoms with Crippen molar-refractivity contribution in [3.63, 3.8) is 0 Å². The van der Waals surface area contributed by atoms with E-state index >= 15 is 0 Å². The molecule has 0 bridgehead atoms. The number of rotatable bonds is 5. The maximum atomic E-state index is 13.4. The third-order valence-corrected chi connectivity index (χ3v) is 5.02. The number of esters is 1. The van der Waals surface area contributed by atoms with Crippen molar-refractivity contribution in [3.8, 4) is 0 Å². The number of hydrogen-bond donors (Lipinski definition) is 1. The molecule has 0 saturated carbocycles. The van der Waals surface area contributed by atoms with E-state index in [1.165, 1.54) is 7.11 Å². The minimum absolute atomic E-state index is 0.0310. The highest BCUT2D eigenvalue weighted by atomic mass is 16.5. The summed E-state index contributed by atoms with van der Waals surface area (Å²) in [6.45, 7) is 3.93. The molecule has 1 atom stereocenters. The Balaban J connectivity index is 2.09. The van der Waals surface area contributed by atoms with Crippen molar-refractivity contribution >= 4 is 17.9 Å². The van der Waals surface area contributed by atoms with Crippen LogP contribution in [0.1, 0.15) is 28.7 Å². The van der Waals surface area contributed by atoms with Gasteiger partial charge in [0.15, 0.2) is 5.54 Å². The van der Waals surface area contributed by atoms with E-state index in [1.807, 2.05) is 62.4 Å². The van der Waals surface area contributed by atoms with Crippen molar-refractivity contribution in [1.29, 1.82) is 0 Å². The average molecular weight is 366 g/mol. The summed E-state index contributed by atoms with van der Waals surface area (Å²) in [5, 5.41) is 2.87. The van der Waals surface area contributed by atoms with Crippen LogP contribution >= 0.6 is 0 Å². The lowest BCUT2D eigenvalue weighted by Crippen LogP contribution is -2.45. The molecule has 140 valence electrons. The van der Waals surface area contributed by atoms with Gasteiger partial charge in [-0.25, -0.2) is 4.79 Å². The van der Waals surface area contributed by atoms with Crippen LogP contribution in [0, 0.1) is 13.8 Å². The number of methoxy groups -OCH3 is 1. The molecule has 6 nitrogen and oxygen atoms in total. The number of urea groups is 1. The zero-order valence-electron chi connectivity index (χ0n) is 15.6. The Bertz CT molecular complexity index is 894. The third-order valence-electron chi connectivity index (χ3n) is 5.02. The minimum Gasteiger partial charge on any atom is -0.469 e. The van der Waals surface area contributed by atoms with E-state index in [2.05, 4.69) is 10.1 Å². The largest absolute Gasteiger partial charge is 0.469 e. The van der Waals surface area contributed by atoms with Gasteiger partial charge in [-0.05, 0) is 36.1 Å². The second-order valence-corrected chi connectivity index (χ2v) is 6.63. The molecule has 2 aromatic carbocycles. The Labute approximate surface area is 158 Å². The first kappa shape index (κ1) is 18.6. The molecule has 3 amide bonds. The molecule has 0 aliphatic carbocycles. The SMILES string of the molecule is COC(=O)CCN1C(=O)N[C@](c2ccccc2)(c2ccc(C)c(C)c2)C1=O. The van der Waals surface area contributed by atoms with Gasteiger partial charge < -0.3 is 10.1 Å². The number of amides is 3. The molecule has 1 saturated heterocycles. The standard InChI is InChI=1S/C21H22N2O4/c1-14-9-10-17(13-15(14)2)21(16-7-5-4-6-8-16)19(25)23(20(26)22-21)12-11-18(24)27-3/h4-10,13H,11-12H2,1-3H3,(H,22,26)/t21-/m1/s1. The number of nitrogens with zero attached hydrogens (tertiary/aromatic N) is 1. The fourth-order valence-corrected chi connectivity index (χ4v) is 3.31. The highest BCUT2D eigenvalue weighted by Crippen LogP contribution is 2.36. The van der Waals surface area contributed by atoms with Gasteiger partial charge in [-0.15, -0.1) is 0 Å². The van der Waals surface area contributed by atoms with Gasteiger partial charge in [0, 0.05) is 6.54 Å². The van der Waals surface area contributed by atoms with Gasteiger partial charge in [0.2, 0.25) is 0 Å². The Morgan fingerprint density at radius 2 is 1.74 bits per heavy atom. The van der Waals surface area contributed by atoms with E-state index in [1.54, 1.807) is 0 Å². The second-order valence-electron chi connectivity index (χ2n) is 6.63. The van der Waals surface area contributed by atoms with Crippen LogP contribution in [-0.4, -0.2) is 36.5 Å². The lowest BCUT2D eigenvalue weighted by Gasteiger charge is -2.28. The summed E-state index contributed by atoms with van der Waals surface area (Å²) in [5.74, 6) is -0.871. The number of imide groups is 1. The molecule has 0 aromatic heterocycles. The molecule has 1 aliphatic rings. The van der Waals surface area contributed by atoms with Crippen molar-refractivity contribution in [2.24, 2.45) is 0 Å². The van der Waals surface area contributed by atoms with Gasteiger partial charge in [-0.3, -0.25) is 14.5 Å². The maximum absolute atomic E-state index is 13.4. The first-order chi connectivity index (χ1) is 12.9. The van der Waals surface area contributed by atoms with Crippen LogP contribution in [0.2, 0.25) is 0 Å². The van der Waals surface area contributed by atoms with Gasteiger partial charge >= 0.3 is 12.0 Å².